The van der Waals surface area contributed by atoms with Crippen molar-refractivity contribution >= 4 is 76.3 Å². The van der Waals surface area contributed by atoms with E-state index in [2.05, 4.69) is 78.8 Å². The number of nitrogens with one attached hydrogen (secondary N) is 2. The maximum absolute atomic E-state index is 13.3. The van der Waals surface area contributed by atoms with E-state index < -0.39 is 5.82 Å². The molecule has 0 spiro atoms. The van der Waals surface area contributed by atoms with Gasteiger partial charge < -0.3 is 11.1 Å². The Morgan fingerprint density at radius 3 is 2.79 bits per heavy atom. The SMILES string of the molecule is II.NC(=NCCNc1nonc1C(=Nc1ccc(F)c(Br)c1)NO)C1CC1. The van der Waals surface area contributed by atoms with E-state index in [1.165, 1.54) is 18.2 Å². The third-order valence-electron chi connectivity index (χ3n) is 3.66. The zero-order valence-electron chi connectivity index (χ0n) is 14.4. The number of nitrogens with two attached hydrogens (primary N) is 1. The molecule has 1 aliphatic carbocycles. The molecule has 1 fully saturated rings. The zero-order chi connectivity index (χ0) is 20.5. The first kappa shape index (κ1) is 23.2. The van der Waals surface area contributed by atoms with Crippen LogP contribution in [-0.4, -0.2) is 40.3 Å². The highest BCUT2D eigenvalue weighted by molar-refractivity contribution is 15.0. The Hall–Kier alpha value is -1.07. The van der Waals surface area contributed by atoms with E-state index in [0.29, 0.717) is 30.5 Å². The summed E-state index contributed by atoms with van der Waals surface area (Å²) in [6, 6.07) is 4.16. The lowest BCUT2D eigenvalue weighted by molar-refractivity contribution is 0.234. The maximum Gasteiger partial charge on any atom is 0.202 e. The van der Waals surface area contributed by atoms with Crippen LogP contribution in [0.15, 0.2) is 37.3 Å². The minimum Gasteiger partial charge on any atom is -0.387 e. The van der Waals surface area contributed by atoms with Crippen LogP contribution in [0.1, 0.15) is 18.5 Å². The third kappa shape index (κ3) is 6.77. The Morgan fingerprint density at radius 2 is 2.14 bits per heavy atom. The van der Waals surface area contributed by atoms with Gasteiger partial charge in [-0.05, 0) is 57.3 Å². The normalized spacial score (nSPS) is 14.3. The highest BCUT2D eigenvalue weighted by Crippen LogP contribution is 2.28. The van der Waals surface area contributed by atoms with Crippen molar-refractivity contribution < 1.29 is 14.2 Å². The van der Waals surface area contributed by atoms with E-state index >= 15 is 0 Å². The molecule has 5 N–H and O–H groups in total. The van der Waals surface area contributed by atoms with Crippen molar-refractivity contribution in [2.24, 2.45) is 21.6 Å². The molecular weight excluding hydrogens is 663 g/mol. The molecule has 0 radical (unpaired) electrons. The summed E-state index contributed by atoms with van der Waals surface area (Å²) < 4.78 is 18.3. The maximum atomic E-state index is 13.3. The molecule has 152 valence electrons. The van der Waals surface area contributed by atoms with E-state index in [0.717, 1.165) is 12.8 Å². The van der Waals surface area contributed by atoms with Crippen molar-refractivity contribution in [3.63, 3.8) is 0 Å². The van der Waals surface area contributed by atoms with Gasteiger partial charge in [-0.2, -0.15) is 0 Å². The first-order valence-electron chi connectivity index (χ1n) is 8.03. The van der Waals surface area contributed by atoms with Crippen LogP contribution in [0, 0.1) is 11.7 Å². The molecule has 1 saturated carbocycles. The number of amidine groups is 2. The minimum atomic E-state index is -0.418. The van der Waals surface area contributed by atoms with Gasteiger partial charge in [0.2, 0.25) is 5.82 Å². The Morgan fingerprint density at radius 1 is 1.39 bits per heavy atom. The van der Waals surface area contributed by atoms with Crippen molar-refractivity contribution in [3.05, 3.63) is 34.2 Å². The third-order valence-corrected chi connectivity index (χ3v) is 4.26. The molecule has 0 unspecified atom stereocenters. The lowest BCUT2D eigenvalue weighted by atomic mass is 10.3. The zero-order valence-corrected chi connectivity index (χ0v) is 20.3. The quantitative estimate of drug-likeness (QED) is 0.114. The summed E-state index contributed by atoms with van der Waals surface area (Å²) in [6.45, 7) is 0.925. The van der Waals surface area contributed by atoms with E-state index in [1.54, 1.807) is 0 Å². The van der Waals surface area contributed by atoms with Gasteiger partial charge in [0.1, 0.15) is 5.82 Å². The molecule has 1 heterocycles. The number of halogens is 4. The number of aromatic nitrogens is 2. The minimum absolute atomic E-state index is 0.00625. The lowest BCUT2D eigenvalue weighted by Gasteiger charge is -2.05. The molecule has 0 bridgehead atoms. The summed E-state index contributed by atoms with van der Waals surface area (Å²) in [6.07, 6.45) is 2.20. The van der Waals surface area contributed by atoms with Gasteiger partial charge in [-0.15, -0.1) is 0 Å². The van der Waals surface area contributed by atoms with Gasteiger partial charge in [-0.25, -0.2) is 14.0 Å². The molecule has 0 aliphatic heterocycles. The Bertz CT molecular complexity index is 846. The van der Waals surface area contributed by atoms with Crippen LogP contribution in [-0.2, 0) is 0 Å². The van der Waals surface area contributed by atoms with Gasteiger partial charge in [0, 0.05) is 49.7 Å². The Balaban J connectivity index is 0.00000136. The number of nitrogens with zero attached hydrogens (tertiary/aromatic N) is 4. The fraction of sp³-hybridized carbons (Fsp3) is 0.333. The molecule has 0 amide bonds. The van der Waals surface area contributed by atoms with Gasteiger partial charge in [-0.1, -0.05) is 0 Å². The summed E-state index contributed by atoms with van der Waals surface area (Å²) in [5, 5.41) is 19.8. The number of rotatable bonds is 7. The molecule has 0 atom stereocenters. The molecule has 1 aromatic carbocycles. The topological polar surface area (TPSA) is 134 Å². The van der Waals surface area contributed by atoms with Crippen molar-refractivity contribution in [1.29, 1.82) is 0 Å². The van der Waals surface area contributed by atoms with Crippen LogP contribution in [0.4, 0.5) is 15.9 Å². The standard InChI is InChI=1S/C15H17BrFN7O2.I2/c16-10-7-9(3-4-11(10)17)21-15(22-25)12-14(24-26-23-12)20-6-5-19-13(18)8-1-2-8;1-2/h3-4,7-8,25H,1-2,5-6H2,(H2,18,19)(H,20,24)(H,21,22);. The molecule has 9 nitrogen and oxygen atoms in total. The molecular formula is C15H17BrFI2N7O2. The van der Waals surface area contributed by atoms with Gasteiger partial charge >= 0.3 is 0 Å². The summed E-state index contributed by atoms with van der Waals surface area (Å²) in [4.78, 5) is 8.46. The summed E-state index contributed by atoms with van der Waals surface area (Å²) in [7, 11) is 0. The monoisotopic (exact) mass is 679 g/mol. The van der Waals surface area contributed by atoms with E-state index in [4.69, 9.17) is 10.4 Å². The highest BCUT2D eigenvalue weighted by Gasteiger charge is 2.25. The molecule has 3 rings (SSSR count). The summed E-state index contributed by atoms with van der Waals surface area (Å²) >= 11 is 7.32. The second kappa shape index (κ2) is 11.8. The van der Waals surface area contributed by atoms with Gasteiger partial charge in [-0.3, -0.25) is 15.7 Å². The van der Waals surface area contributed by atoms with Gasteiger partial charge in [0.05, 0.1) is 22.5 Å². The number of hydrogen-bond donors (Lipinski definition) is 4. The highest BCUT2D eigenvalue weighted by atomic mass is 128. The first-order valence-corrected chi connectivity index (χ1v) is 15.1. The average Bonchev–Trinajstić information content (AvgIpc) is 3.46. The molecule has 28 heavy (non-hydrogen) atoms. The smallest absolute Gasteiger partial charge is 0.202 e. The number of aliphatic imine (C=N–C) groups is 2. The van der Waals surface area contributed by atoms with Gasteiger partial charge in [0.15, 0.2) is 11.5 Å². The second-order valence-electron chi connectivity index (χ2n) is 5.64. The predicted octanol–water partition coefficient (Wildman–Crippen LogP) is 3.98. The van der Waals surface area contributed by atoms with Crippen LogP contribution < -0.4 is 16.5 Å². The largest absolute Gasteiger partial charge is 0.387 e. The second-order valence-corrected chi connectivity index (χ2v) is 6.49. The summed E-state index contributed by atoms with van der Waals surface area (Å²) in [5.74, 6) is 0.956. The molecule has 1 aromatic heterocycles. The van der Waals surface area contributed by atoms with E-state index in [1.807, 2.05) is 5.48 Å². The number of hydroxylamine groups is 1. The molecule has 0 saturated heterocycles. The van der Waals surface area contributed by atoms with Crippen molar-refractivity contribution in [2.75, 3.05) is 18.4 Å². The Kier molecular flexibility index (Phi) is 9.80. The van der Waals surface area contributed by atoms with Crippen LogP contribution >= 0.6 is 53.2 Å². The fourth-order valence-corrected chi connectivity index (χ4v) is 2.51. The van der Waals surface area contributed by atoms with Crippen LogP contribution in [0.25, 0.3) is 0 Å². The predicted molar refractivity (Wildman–Crippen MR) is 125 cm³/mol. The van der Waals surface area contributed by atoms with E-state index in [-0.39, 0.29) is 21.8 Å². The molecule has 13 heteroatoms. The lowest BCUT2D eigenvalue weighted by Crippen LogP contribution is -2.22. The van der Waals surface area contributed by atoms with E-state index in [9.17, 15) is 9.60 Å². The van der Waals surface area contributed by atoms with Crippen LogP contribution in [0.5, 0.6) is 0 Å². The average molecular weight is 680 g/mol. The van der Waals surface area contributed by atoms with Crippen molar-refractivity contribution in [1.82, 2.24) is 15.8 Å². The van der Waals surface area contributed by atoms with Crippen molar-refractivity contribution in [2.45, 2.75) is 12.8 Å². The molecule has 2 aromatic rings. The van der Waals surface area contributed by atoms with Gasteiger partial charge in [0.25, 0.3) is 0 Å². The Labute approximate surface area is 192 Å². The summed E-state index contributed by atoms with van der Waals surface area (Å²) in [5.41, 5.74) is 8.35. The first-order chi connectivity index (χ1) is 13.6. The fourth-order valence-electron chi connectivity index (χ4n) is 2.14. The van der Waals surface area contributed by atoms with Crippen LogP contribution in [0.2, 0.25) is 0 Å². The number of benzene rings is 1. The molecule has 1 aliphatic rings. The number of anilines is 1. The number of hydrogen-bond acceptors (Lipinski definition) is 7. The van der Waals surface area contributed by atoms with Crippen LogP contribution in [0.3, 0.4) is 0 Å². The van der Waals surface area contributed by atoms with Crippen molar-refractivity contribution in [3.8, 4) is 0 Å².